The van der Waals surface area contributed by atoms with E-state index in [9.17, 15) is 10.2 Å². The highest BCUT2D eigenvalue weighted by molar-refractivity contribution is 4.56. The molecule has 0 aliphatic rings. The number of hydrogen-bond donors (Lipinski definition) is 3. The van der Waals surface area contributed by atoms with Gasteiger partial charge in [-0.25, -0.2) is 5.90 Å². The Labute approximate surface area is 101 Å². The number of hydrogen-bond acceptors (Lipinski definition) is 7. The predicted molar refractivity (Wildman–Crippen MR) is 60.3 cm³/mol. The highest BCUT2D eigenvalue weighted by Gasteiger charge is 2.09. The molecule has 0 amide bonds. The van der Waals surface area contributed by atoms with Gasteiger partial charge in [-0.15, -0.1) is 0 Å². The first-order valence-electron chi connectivity index (χ1n) is 5.46. The van der Waals surface area contributed by atoms with E-state index in [1.54, 1.807) is 0 Å². The van der Waals surface area contributed by atoms with Crippen LogP contribution in [0.25, 0.3) is 0 Å². The van der Waals surface area contributed by atoms with E-state index in [1.165, 1.54) is 7.11 Å². The van der Waals surface area contributed by atoms with E-state index < -0.39 is 12.2 Å². The Hall–Kier alpha value is -0.280. The molecular formula is C10H23NO6. The summed E-state index contributed by atoms with van der Waals surface area (Å²) in [4.78, 5) is 4.26. The summed E-state index contributed by atoms with van der Waals surface area (Å²) < 4.78 is 15.2. The second-order valence-corrected chi connectivity index (χ2v) is 3.78. The highest BCUT2D eigenvalue weighted by atomic mass is 16.6. The maximum Gasteiger partial charge on any atom is 0.103 e. The van der Waals surface area contributed by atoms with Crippen molar-refractivity contribution in [2.45, 2.75) is 25.2 Å². The van der Waals surface area contributed by atoms with E-state index in [1.807, 2.05) is 6.92 Å². The number of nitrogens with two attached hydrogens (primary N) is 1. The van der Waals surface area contributed by atoms with E-state index in [-0.39, 0.29) is 32.5 Å². The molecule has 0 aromatic rings. The quantitative estimate of drug-likeness (QED) is 0.392. The summed E-state index contributed by atoms with van der Waals surface area (Å²) in [5.41, 5.74) is 0. The first-order chi connectivity index (χ1) is 8.10. The Morgan fingerprint density at radius 2 is 1.65 bits per heavy atom. The molecule has 0 heterocycles. The zero-order chi connectivity index (χ0) is 13.1. The third kappa shape index (κ3) is 10.6. The molecule has 0 radical (unpaired) electrons. The van der Waals surface area contributed by atoms with Crippen LogP contribution in [0.2, 0.25) is 0 Å². The van der Waals surface area contributed by atoms with Crippen LogP contribution in [0.4, 0.5) is 0 Å². The van der Waals surface area contributed by atoms with Crippen molar-refractivity contribution >= 4 is 0 Å². The van der Waals surface area contributed by atoms with Crippen LogP contribution in [0.5, 0.6) is 0 Å². The molecule has 0 spiro atoms. The molecule has 0 saturated carbocycles. The lowest BCUT2D eigenvalue weighted by molar-refractivity contribution is -0.0741. The molecule has 0 aromatic heterocycles. The number of ether oxygens (including phenoxy) is 3. The molecule has 104 valence electrons. The third-order valence-corrected chi connectivity index (χ3v) is 1.88. The van der Waals surface area contributed by atoms with Crippen molar-refractivity contribution < 1.29 is 29.3 Å². The maximum atomic E-state index is 9.32. The highest BCUT2D eigenvalue weighted by Crippen LogP contribution is 1.96. The fourth-order valence-electron chi connectivity index (χ4n) is 1.09. The molecule has 0 saturated heterocycles. The summed E-state index contributed by atoms with van der Waals surface area (Å²) in [5.74, 6) is 4.79. The summed E-state index contributed by atoms with van der Waals surface area (Å²) in [6.07, 6.45) is -1.56. The SMILES string of the molecule is COCC(O)COC(C)COCC(O)CON. The van der Waals surface area contributed by atoms with Crippen LogP contribution < -0.4 is 5.90 Å². The van der Waals surface area contributed by atoms with Crippen LogP contribution in [-0.4, -0.2) is 68.7 Å². The monoisotopic (exact) mass is 253 g/mol. The van der Waals surface area contributed by atoms with Gasteiger partial charge in [-0.2, -0.15) is 0 Å². The topological polar surface area (TPSA) is 103 Å². The molecule has 17 heavy (non-hydrogen) atoms. The third-order valence-electron chi connectivity index (χ3n) is 1.88. The summed E-state index contributed by atoms with van der Waals surface area (Å²) in [6, 6.07) is 0. The number of aliphatic hydroxyl groups is 2. The second-order valence-electron chi connectivity index (χ2n) is 3.78. The molecule has 0 fully saturated rings. The van der Waals surface area contributed by atoms with Crippen molar-refractivity contribution in [1.82, 2.24) is 0 Å². The normalized spacial score (nSPS) is 16.8. The van der Waals surface area contributed by atoms with Crippen LogP contribution >= 0.6 is 0 Å². The summed E-state index contributed by atoms with van der Waals surface area (Å²) in [7, 11) is 1.51. The van der Waals surface area contributed by atoms with Gasteiger partial charge in [-0.3, -0.25) is 0 Å². The van der Waals surface area contributed by atoms with Gasteiger partial charge in [0.1, 0.15) is 12.2 Å². The van der Waals surface area contributed by atoms with Gasteiger partial charge in [0.15, 0.2) is 0 Å². The van der Waals surface area contributed by atoms with Gasteiger partial charge in [-0.05, 0) is 6.92 Å². The number of methoxy groups -OCH3 is 1. The van der Waals surface area contributed by atoms with Gasteiger partial charge in [0, 0.05) is 7.11 Å². The fourth-order valence-corrected chi connectivity index (χ4v) is 1.09. The van der Waals surface area contributed by atoms with Crippen molar-refractivity contribution in [3.63, 3.8) is 0 Å². The van der Waals surface area contributed by atoms with Crippen LogP contribution in [0, 0.1) is 0 Å². The molecule has 4 N–H and O–H groups in total. The molecule has 0 aliphatic heterocycles. The minimum absolute atomic E-state index is 0.0296. The average Bonchev–Trinajstić information content (AvgIpc) is 2.27. The van der Waals surface area contributed by atoms with Gasteiger partial charge < -0.3 is 29.3 Å². The van der Waals surface area contributed by atoms with Crippen molar-refractivity contribution in [2.24, 2.45) is 5.90 Å². The molecule has 3 unspecified atom stereocenters. The maximum absolute atomic E-state index is 9.32. The van der Waals surface area contributed by atoms with E-state index in [0.717, 1.165) is 0 Å². The van der Waals surface area contributed by atoms with Gasteiger partial charge in [-0.1, -0.05) is 0 Å². The lowest BCUT2D eigenvalue weighted by Crippen LogP contribution is -2.28. The first kappa shape index (κ1) is 16.7. The Balaban J connectivity index is 3.42. The summed E-state index contributed by atoms with van der Waals surface area (Å²) in [6.45, 7) is 2.72. The predicted octanol–water partition coefficient (Wildman–Crippen LogP) is -1.33. The smallest absolute Gasteiger partial charge is 0.103 e. The number of aliphatic hydroxyl groups excluding tert-OH is 2. The Kier molecular flexibility index (Phi) is 10.7. The molecule has 0 bridgehead atoms. The van der Waals surface area contributed by atoms with E-state index >= 15 is 0 Å². The van der Waals surface area contributed by atoms with E-state index in [4.69, 9.17) is 20.1 Å². The van der Waals surface area contributed by atoms with E-state index in [0.29, 0.717) is 6.61 Å². The molecule has 0 aliphatic carbocycles. The van der Waals surface area contributed by atoms with Crippen LogP contribution in [-0.2, 0) is 19.0 Å². The Bertz CT molecular complexity index is 171. The summed E-state index contributed by atoms with van der Waals surface area (Å²) in [5, 5.41) is 18.5. The van der Waals surface area contributed by atoms with Crippen LogP contribution in [0.15, 0.2) is 0 Å². The van der Waals surface area contributed by atoms with E-state index in [2.05, 4.69) is 4.84 Å². The van der Waals surface area contributed by atoms with Crippen molar-refractivity contribution in [3.8, 4) is 0 Å². The molecule has 3 atom stereocenters. The van der Waals surface area contributed by atoms with Crippen molar-refractivity contribution in [3.05, 3.63) is 0 Å². The van der Waals surface area contributed by atoms with Gasteiger partial charge in [0.05, 0.1) is 39.1 Å². The first-order valence-corrected chi connectivity index (χ1v) is 5.46. The lowest BCUT2D eigenvalue weighted by Gasteiger charge is -2.17. The molecule has 7 nitrogen and oxygen atoms in total. The van der Waals surface area contributed by atoms with Gasteiger partial charge >= 0.3 is 0 Å². The molecular weight excluding hydrogens is 230 g/mol. The van der Waals surface area contributed by atoms with Crippen molar-refractivity contribution in [2.75, 3.05) is 40.1 Å². The van der Waals surface area contributed by atoms with Crippen molar-refractivity contribution in [1.29, 1.82) is 0 Å². The van der Waals surface area contributed by atoms with Gasteiger partial charge in [0.2, 0.25) is 0 Å². The van der Waals surface area contributed by atoms with Gasteiger partial charge in [0.25, 0.3) is 0 Å². The zero-order valence-corrected chi connectivity index (χ0v) is 10.4. The molecule has 0 aromatic carbocycles. The standard InChI is InChI=1S/C10H23NO6/c1-8(16-6-9(12)4-14-2)3-15-5-10(13)7-17-11/h8-10,12-13H,3-7,11H2,1-2H3. The fraction of sp³-hybridized carbons (Fsp3) is 1.00. The summed E-state index contributed by atoms with van der Waals surface area (Å²) >= 11 is 0. The zero-order valence-electron chi connectivity index (χ0n) is 10.4. The lowest BCUT2D eigenvalue weighted by atomic mass is 10.4. The Morgan fingerprint density at radius 3 is 2.24 bits per heavy atom. The number of rotatable bonds is 11. The molecule has 7 heteroatoms. The van der Waals surface area contributed by atoms with Crippen LogP contribution in [0.3, 0.4) is 0 Å². The average molecular weight is 253 g/mol. The minimum atomic E-state index is -0.744. The second kappa shape index (κ2) is 10.8. The van der Waals surface area contributed by atoms with Crippen LogP contribution in [0.1, 0.15) is 6.92 Å². The largest absolute Gasteiger partial charge is 0.388 e. The Morgan fingerprint density at radius 1 is 1.00 bits per heavy atom. The minimum Gasteiger partial charge on any atom is -0.388 e. The molecule has 0 rings (SSSR count).